The van der Waals surface area contributed by atoms with Crippen LogP contribution >= 0.6 is 39.1 Å². The average molecular weight is 326 g/mol. The molecule has 0 bridgehead atoms. The summed E-state index contributed by atoms with van der Waals surface area (Å²) in [5, 5.41) is 0.564. The van der Waals surface area contributed by atoms with E-state index in [2.05, 4.69) is 15.9 Å². The number of alkyl halides is 2. The van der Waals surface area contributed by atoms with Gasteiger partial charge in [-0.25, -0.2) is 0 Å². The standard InChI is InChI=1S/C11H11BrCl2O2/c1-5-4-7(16-3)8(6(2)9(5)13)10(15)11(12)14/h4,11H,1-3H3. The Morgan fingerprint density at radius 3 is 2.50 bits per heavy atom. The zero-order valence-corrected chi connectivity index (χ0v) is 12.2. The van der Waals surface area contributed by atoms with Crippen molar-refractivity contribution < 1.29 is 9.53 Å². The molecule has 1 atom stereocenters. The van der Waals surface area contributed by atoms with Gasteiger partial charge in [-0.05, 0) is 31.0 Å². The molecule has 0 heterocycles. The number of hydrogen-bond donors (Lipinski definition) is 0. The second-order valence-corrected chi connectivity index (χ2v) is 5.63. The van der Waals surface area contributed by atoms with Crippen LogP contribution in [-0.4, -0.2) is 17.2 Å². The molecular weight excluding hydrogens is 315 g/mol. The Labute approximate surface area is 113 Å². The highest BCUT2D eigenvalue weighted by atomic mass is 79.9. The number of benzene rings is 1. The lowest BCUT2D eigenvalue weighted by Gasteiger charge is -2.14. The molecule has 0 spiro atoms. The predicted octanol–water partition coefficient (Wildman–Crippen LogP) is 4.11. The van der Waals surface area contributed by atoms with Gasteiger partial charge in [0.2, 0.25) is 0 Å². The molecule has 0 radical (unpaired) electrons. The SMILES string of the molecule is COc1cc(C)c(Cl)c(C)c1C(=O)C(Cl)Br. The number of hydrogen-bond acceptors (Lipinski definition) is 2. The Hall–Kier alpha value is -0.250. The quantitative estimate of drug-likeness (QED) is 0.617. The molecule has 0 amide bonds. The van der Waals surface area contributed by atoms with E-state index in [0.717, 1.165) is 5.56 Å². The van der Waals surface area contributed by atoms with Gasteiger partial charge in [-0.2, -0.15) is 0 Å². The summed E-state index contributed by atoms with van der Waals surface area (Å²) < 4.78 is 4.40. The molecule has 2 nitrogen and oxygen atoms in total. The topological polar surface area (TPSA) is 26.3 Å². The molecular formula is C11H11BrCl2O2. The molecule has 1 aromatic rings. The summed E-state index contributed by atoms with van der Waals surface area (Å²) in [7, 11) is 1.51. The van der Waals surface area contributed by atoms with Gasteiger partial charge in [0.15, 0.2) is 10.1 Å². The molecule has 0 aliphatic heterocycles. The van der Waals surface area contributed by atoms with Crippen LogP contribution in [0.25, 0.3) is 0 Å². The van der Waals surface area contributed by atoms with Crippen LogP contribution in [0.4, 0.5) is 0 Å². The van der Waals surface area contributed by atoms with Crippen molar-refractivity contribution in [1.29, 1.82) is 0 Å². The Kier molecular flexibility index (Phi) is 4.65. The highest BCUT2D eigenvalue weighted by molar-refractivity contribution is 9.10. The van der Waals surface area contributed by atoms with E-state index in [9.17, 15) is 4.79 Å². The number of ether oxygens (including phenoxy) is 1. The lowest BCUT2D eigenvalue weighted by molar-refractivity contribution is 0.101. The van der Waals surface area contributed by atoms with Crippen LogP contribution in [0.1, 0.15) is 21.5 Å². The van der Waals surface area contributed by atoms with Gasteiger partial charge in [0.25, 0.3) is 0 Å². The van der Waals surface area contributed by atoms with E-state index in [-0.39, 0.29) is 5.78 Å². The lowest BCUT2D eigenvalue weighted by Crippen LogP contribution is -2.12. The number of methoxy groups -OCH3 is 1. The monoisotopic (exact) mass is 324 g/mol. The molecule has 0 aliphatic rings. The predicted molar refractivity (Wildman–Crippen MR) is 70.4 cm³/mol. The maximum Gasteiger partial charge on any atom is 0.195 e. The van der Waals surface area contributed by atoms with Crippen molar-refractivity contribution in [2.45, 2.75) is 18.1 Å². The normalized spacial score (nSPS) is 12.4. The van der Waals surface area contributed by atoms with Crippen molar-refractivity contribution >= 4 is 44.9 Å². The van der Waals surface area contributed by atoms with Crippen molar-refractivity contribution in [3.8, 4) is 5.75 Å². The van der Waals surface area contributed by atoms with Crippen LogP contribution in [-0.2, 0) is 0 Å². The number of halogens is 3. The Morgan fingerprint density at radius 1 is 1.50 bits per heavy atom. The van der Waals surface area contributed by atoms with Gasteiger partial charge in [-0.3, -0.25) is 4.79 Å². The van der Waals surface area contributed by atoms with Gasteiger partial charge in [0.05, 0.1) is 12.7 Å². The van der Waals surface area contributed by atoms with Crippen molar-refractivity contribution in [2.24, 2.45) is 0 Å². The summed E-state index contributed by atoms with van der Waals surface area (Å²) in [5.74, 6) is 0.243. The summed E-state index contributed by atoms with van der Waals surface area (Å²) in [6.45, 7) is 3.63. The number of rotatable bonds is 3. The zero-order valence-electron chi connectivity index (χ0n) is 9.11. The first-order valence-electron chi connectivity index (χ1n) is 4.56. The average Bonchev–Trinajstić information content (AvgIpc) is 2.24. The molecule has 1 unspecified atom stereocenters. The minimum absolute atomic E-state index is 0.252. The van der Waals surface area contributed by atoms with Crippen LogP contribution in [0.3, 0.4) is 0 Å². The molecule has 16 heavy (non-hydrogen) atoms. The number of Topliss-reactive ketones (excluding diaryl/α,β-unsaturated/α-hetero) is 1. The van der Waals surface area contributed by atoms with Crippen LogP contribution in [0, 0.1) is 13.8 Å². The fourth-order valence-electron chi connectivity index (χ4n) is 1.50. The smallest absolute Gasteiger partial charge is 0.195 e. The number of carbonyl (C=O) groups is 1. The third kappa shape index (κ3) is 2.53. The molecule has 0 saturated carbocycles. The molecule has 1 aromatic carbocycles. The maximum absolute atomic E-state index is 11.9. The largest absolute Gasteiger partial charge is 0.496 e. The van der Waals surface area contributed by atoms with Gasteiger partial charge in [0.1, 0.15) is 5.75 Å². The van der Waals surface area contributed by atoms with Crippen LogP contribution in [0.2, 0.25) is 5.02 Å². The first-order valence-corrected chi connectivity index (χ1v) is 6.29. The van der Waals surface area contributed by atoms with E-state index in [1.54, 1.807) is 13.0 Å². The third-order valence-corrected chi connectivity index (χ3v) is 3.50. The first-order chi connectivity index (χ1) is 7.40. The summed E-state index contributed by atoms with van der Waals surface area (Å²) in [5.41, 5.74) is 1.98. The highest BCUT2D eigenvalue weighted by Crippen LogP contribution is 2.33. The second kappa shape index (κ2) is 5.39. The van der Waals surface area contributed by atoms with Crippen molar-refractivity contribution in [1.82, 2.24) is 0 Å². The third-order valence-electron chi connectivity index (χ3n) is 2.31. The van der Waals surface area contributed by atoms with E-state index in [4.69, 9.17) is 27.9 Å². The molecule has 1 rings (SSSR count). The summed E-state index contributed by atoms with van der Waals surface area (Å²) in [6, 6.07) is 1.73. The van der Waals surface area contributed by atoms with Gasteiger partial charge >= 0.3 is 0 Å². The minimum Gasteiger partial charge on any atom is -0.496 e. The highest BCUT2D eigenvalue weighted by Gasteiger charge is 2.23. The van der Waals surface area contributed by atoms with Crippen molar-refractivity contribution in [2.75, 3.05) is 7.11 Å². The summed E-state index contributed by atoms with van der Waals surface area (Å²) >= 11 is 14.9. The minimum atomic E-state index is -0.779. The molecule has 0 fully saturated rings. The van der Waals surface area contributed by atoms with E-state index < -0.39 is 4.29 Å². The second-order valence-electron chi connectivity index (χ2n) is 3.37. The Bertz CT molecular complexity index is 430. The molecule has 5 heteroatoms. The number of carbonyl (C=O) groups excluding carboxylic acids is 1. The molecule has 0 N–H and O–H groups in total. The Morgan fingerprint density at radius 2 is 2.06 bits per heavy atom. The Balaban J connectivity index is 3.47. The zero-order chi connectivity index (χ0) is 12.5. The number of aryl methyl sites for hydroxylation is 1. The fourth-order valence-corrected chi connectivity index (χ4v) is 1.99. The van der Waals surface area contributed by atoms with Gasteiger partial charge < -0.3 is 4.74 Å². The van der Waals surface area contributed by atoms with Crippen molar-refractivity contribution in [3.05, 3.63) is 27.8 Å². The van der Waals surface area contributed by atoms with Gasteiger partial charge in [-0.15, -0.1) is 11.6 Å². The molecule has 0 saturated heterocycles. The van der Waals surface area contributed by atoms with Gasteiger partial charge in [-0.1, -0.05) is 27.5 Å². The van der Waals surface area contributed by atoms with Crippen molar-refractivity contribution in [3.63, 3.8) is 0 Å². The molecule has 88 valence electrons. The van der Waals surface area contributed by atoms with Crippen LogP contribution in [0.5, 0.6) is 5.75 Å². The van der Waals surface area contributed by atoms with E-state index >= 15 is 0 Å². The summed E-state index contributed by atoms with van der Waals surface area (Å²) in [4.78, 5) is 11.9. The first kappa shape index (κ1) is 13.8. The molecule has 0 aliphatic carbocycles. The summed E-state index contributed by atoms with van der Waals surface area (Å²) in [6.07, 6.45) is 0. The maximum atomic E-state index is 11.9. The number of ketones is 1. The van der Waals surface area contributed by atoms with E-state index in [1.807, 2.05) is 6.92 Å². The van der Waals surface area contributed by atoms with Crippen LogP contribution in [0.15, 0.2) is 6.07 Å². The van der Waals surface area contributed by atoms with Gasteiger partial charge in [0, 0.05) is 5.02 Å². The van der Waals surface area contributed by atoms with E-state index in [1.165, 1.54) is 7.11 Å². The molecule has 0 aromatic heterocycles. The lowest BCUT2D eigenvalue weighted by atomic mass is 10.0. The van der Waals surface area contributed by atoms with Crippen LogP contribution < -0.4 is 4.74 Å². The van der Waals surface area contributed by atoms with E-state index in [0.29, 0.717) is 21.9 Å². The fraction of sp³-hybridized carbons (Fsp3) is 0.364.